The molecule has 638 valence electrons. The highest BCUT2D eigenvalue weighted by Crippen LogP contribution is 2.26. The van der Waals surface area contributed by atoms with Gasteiger partial charge in [-0.3, -0.25) is 57.4 Å². The van der Waals surface area contributed by atoms with Crippen LogP contribution in [-0.4, -0.2) is 274 Å². The summed E-state index contributed by atoms with van der Waals surface area (Å²) < 4.78 is 187. The number of carboxylic acid groups (broad SMARTS) is 6. The minimum Gasteiger partial charge on any atom is -1.00 e. The molecule has 1 aliphatic rings. The summed E-state index contributed by atoms with van der Waals surface area (Å²) in [5.41, 5.74) is 1.15. The van der Waals surface area contributed by atoms with Gasteiger partial charge in [-0.15, -0.1) is 0 Å². The average molecular weight is 1800 g/mol. The SMILES string of the molecule is CN(CC(=O)O)CC(=O)O.CN1C(=O)c2cc(C(=O)O)c(C(=O)O)cc2C1=O.CNC(=O)c1ccc[n+](C)c1.CNS(=O)(=O)N(C)CC(=O)O.CNS(=O)(=O)NCCS(=O)(=O)O.CNS(=O)(=O)Nc1ccncc1.CNS(=O)(=O)c1ccc(C(=O)O)cc1.CNS(=O)(=O)c1cccc(S(=O)(=O)O)c1.CNc1cc[n+](C)cc1.[Cl-].[Cl-]. The Morgan fingerprint density at radius 1 is 0.491 bits per heavy atom. The number of likely N-dealkylation sites (N-methyl/N-ethyl adjacent to an activating group) is 2. The molecule has 17 N–H and O–H groups in total. The van der Waals surface area contributed by atoms with Gasteiger partial charge in [0.05, 0.1) is 67.0 Å². The zero-order valence-electron chi connectivity index (χ0n) is 62.0. The number of hydrogen-bond donors (Lipinski definition) is 17. The van der Waals surface area contributed by atoms with Gasteiger partial charge < -0.3 is 66.1 Å². The van der Waals surface area contributed by atoms with E-state index in [1.165, 1.54) is 110 Å². The molecule has 0 spiro atoms. The summed E-state index contributed by atoms with van der Waals surface area (Å²) in [5, 5.41) is 56.5. The van der Waals surface area contributed by atoms with Gasteiger partial charge in [-0.2, -0.15) is 46.4 Å². The predicted octanol–water partition coefficient (Wildman–Crippen LogP) is -9.69. The van der Waals surface area contributed by atoms with Crippen molar-refractivity contribution in [3.05, 3.63) is 168 Å². The number of amides is 3. The zero-order valence-corrected chi connectivity index (χ0v) is 69.2. The van der Waals surface area contributed by atoms with Crippen LogP contribution in [0.2, 0.25) is 0 Å². The van der Waals surface area contributed by atoms with E-state index in [0.717, 1.165) is 34.9 Å². The average Bonchev–Trinajstić information content (AvgIpc) is 1.61. The Morgan fingerprint density at radius 3 is 1.31 bits per heavy atom. The predicted molar refractivity (Wildman–Crippen MR) is 396 cm³/mol. The first-order chi connectivity index (χ1) is 51.5. The molecular weight excluding hydrogens is 1710 g/mol. The first kappa shape index (κ1) is 110. The molecule has 0 unspecified atom stereocenters. The van der Waals surface area contributed by atoms with Crippen LogP contribution < -0.4 is 77.6 Å². The second-order valence-corrected chi connectivity index (χ2v) is 33.1. The van der Waals surface area contributed by atoms with E-state index >= 15 is 0 Å². The van der Waals surface area contributed by atoms with Crippen molar-refractivity contribution in [2.24, 2.45) is 14.1 Å². The van der Waals surface area contributed by atoms with Crippen LogP contribution in [0.1, 0.15) is 62.1 Å². The molecule has 0 fully saturated rings. The molecule has 0 aliphatic carbocycles. The Hall–Kier alpha value is -10.0. The number of imide groups is 1. The van der Waals surface area contributed by atoms with Gasteiger partial charge in [0.25, 0.3) is 68.6 Å². The van der Waals surface area contributed by atoms with Crippen molar-refractivity contribution in [1.29, 1.82) is 0 Å². The third-order valence-corrected chi connectivity index (χ3v) is 20.7. The summed E-state index contributed by atoms with van der Waals surface area (Å²) in [6, 6.07) is 22.0. The van der Waals surface area contributed by atoms with Crippen molar-refractivity contribution in [2.45, 2.75) is 14.7 Å². The lowest BCUT2D eigenvalue weighted by atomic mass is 9.99. The number of pyridine rings is 3. The number of benzene rings is 3. The minimum atomic E-state index is -4.39. The Kier molecular flexibility index (Phi) is 50.0. The third-order valence-electron chi connectivity index (χ3n) is 12.7. The number of anilines is 2. The quantitative estimate of drug-likeness (QED) is 0.0136. The zero-order chi connectivity index (χ0) is 87.1. The molecule has 1 aliphatic heterocycles. The smallest absolute Gasteiger partial charge is 0.336 e. The fraction of sp³-hybridized carbons (Fsp3) is 0.288. The number of carbonyl (C=O) groups is 9. The van der Waals surface area contributed by atoms with E-state index in [1.54, 1.807) is 31.4 Å². The van der Waals surface area contributed by atoms with Crippen LogP contribution in [0.25, 0.3) is 0 Å². The van der Waals surface area contributed by atoms with Gasteiger partial charge in [0, 0.05) is 92.2 Å². The summed E-state index contributed by atoms with van der Waals surface area (Å²) in [5.74, 6) is -9.24. The molecule has 6 aromatic rings. The highest BCUT2D eigenvalue weighted by molar-refractivity contribution is 7.91. The van der Waals surface area contributed by atoms with Crippen LogP contribution in [-0.2, 0) is 99.4 Å². The number of carboxylic acids is 6. The molecule has 7 rings (SSSR count). The van der Waals surface area contributed by atoms with E-state index in [2.05, 4.69) is 29.8 Å². The minimum absolute atomic E-state index is 0. The summed E-state index contributed by atoms with van der Waals surface area (Å²) in [4.78, 5) is 102. The maximum atomic E-state index is 11.6. The number of aromatic nitrogens is 3. The molecule has 0 bridgehead atoms. The first-order valence-electron chi connectivity index (χ1n) is 30.3. The number of nitrogens with one attached hydrogen (secondary N) is 9. The van der Waals surface area contributed by atoms with Crippen LogP contribution in [0.5, 0.6) is 0 Å². The molecule has 0 saturated heterocycles. The van der Waals surface area contributed by atoms with Crippen molar-refractivity contribution in [2.75, 3.05) is 112 Å². The van der Waals surface area contributed by atoms with Crippen molar-refractivity contribution < 1.29 is 176 Å². The highest BCUT2D eigenvalue weighted by atomic mass is 35.5. The monoisotopic (exact) mass is 1790 g/mol. The van der Waals surface area contributed by atoms with Gasteiger partial charge in [-0.05, 0) is 93.9 Å². The largest absolute Gasteiger partial charge is 1.00 e. The molecule has 3 aromatic carbocycles. The lowest BCUT2D eigenvalue weighted by molar-refractivity contribution is -0.671. The number of aromatic carboxylic acids is 3. The molecule has 0 radical (unpaired) electrons. The standard InChI is InChI=1S/C11H7NO6.C8H10N2O.C8H9NO4S.C7H10N2.C7H9NO5S2.C6H9N3O2S.C5H9NO4.C4H10N2O4S.C3H10N2O5S2.2ClH/c1-12-8(13)4-2-6(10(15)16)7(11(17)18)3-5(4)9(12)14;1-9-8(11)7-4-3-5-10(2)6-7;1-9-14(12,13)7-4-2-6(3-5-7)8(10)11;1-8-7-3-5-9(2)6-4-7;1-8-14(9,10)6-3-2-4-7(5-6)15(11,12)13;1-7-12(10,11)9-6-2-4-8-5-3-6;1-6(2-4(7)8)3-5(9)10;1-5-11(9,10)6(2)3-4(7)8;1-4-12(9,10)5-2-3-11(6,7)8;;/h2-3H,1H3,(H,15,16)(H,17,18);3-6H,1-2H3;2-5,9H,1H3,(H,10,11);3-6H,1-2H3;2-5,8H,1H3,(H,11,12,13);2-5,7H,1H3,(H,8,9);2-3H2,1H3,(H,7,8)(H,9,10);5H,3H2,1-2H3,(H,7,8);4-5H,2-3H2,1H3,(H,6,7,8);2*1H. The number of nitrogens with zero attached hydrogens (tertiary/aromatic N) is 6. The molecule has 0 atom stereocenters. The summed E-state index contributed by atoms with van der Waals surface area (Å²) >= 11 is 0. The fourth-order valence-corrected chi connectivity index (χ4v) is 11.3. The lowest BCUT2D eigenvalue weighted by Crippen LogP contribution is -3.00. The summed E-state index contributed by atoms with van der Waals surface area (Å²) in [6.07, 6.45) is 10.7. The van der Waals surface area contributed by atoms with E-state index in [1.807, 2.05) is 86.0 Å². The number of sulfonamides is 2. The van der Waals surface area contributed by atoms with Crippen LogP contribution in [0.4, 0.5) is 11.4 Å². The van der Waals surface area contributed by atoms with Gasteiger partial charge >= 0.3 is 35.8 Å². The van der Waals surface area contributed by atoms with E-state index < -0.39 is 147 Å². The maximum absolute atomic E-state index is 11.6. The summed E-state index contributed by atoms with van der Waals surface area (Å²) in [6.45, 7) is -1.39. The van der Waals surface area contributed by atoms with Crippen LogP contribution >= 0.6 is 0 Å². The van der Waals surface area contributed by atoms with E-state index in [4.69, 9.17) is 39.7 Å². The van der Waals surface area contributed by atoms with E-state index in [9.17, 15) is 102 Å². The van der Waals surface area contributed by atoms with Crippen molar-refractivity contribution in [3.8, 4) is 0 Å². The number of rotatable bonds is 26. The topological polar surface area (TPSA) is 693 Å². The Morgan fingerprint density at radius 2 is 0.939 bits per heavy atom. The van der Waals surface area contributed by atoms with Crippen molar-refractivity contribution in [3.63, 3.8) is 0 Å². The third kappa shape index (κ3) is 43.9. The molecule has 3 amide bonds. The van der Waals surface area contributed by atoms with Crippen molar-refractivity contribution in [1.82, 2.24) is 52.7 Å². The second-order valence-electron chi connectivity index (χ2n) is 21.0. The van der Waals surface area contributed by atoms with Crippen LogP contribution in [0, 0.1) is 0 Å². The molecule has 0 saturated carbocycles. The number of hydrogen-bond acceptors (Lipinski definition) is 26. The Bertz CT molecular complexity index is 5000. The number of aryl methyl sites for hydroxylation is 2. The number of fused-ring (bicyclic) bond motifs is 1. The van der Waals surface area contributed by atoms with Gasteiger partial charge in [0.1, 0.15) is 26.2 Å². The molecular formula is C59H85Cl2N15O31S7. The summed E-state index contributed by atoms with van der Waals surface area (Å²) in [7, 11) is -8.80. The van der Waals surface area contributed by atoms with Gasteiger partial charge in [-0.1, -0.05) is 6.07 Å². The molecule has 55 heteroatoms. The first-order valence-corrected chi connectivity index (χ1v) is 40.7. The lowest BCUT2D eigenvalue weighted by Gasteiger charge is -2.12. The maximum Gasteiger partial charge on any atom is 0.336 e. The normalized spacial score (nSPS) is 11.4. The molecule has 3 aromatic heterocycles. The van der Waals surface area contributed by atoms with E-state index in [0.29, 0.717) is 15.6 Å². The van der Waals surface area contributed by atoms with Crippen LogP contribution in [0.15, 0.2) is 149 Å². The Balaban J connectivity index is -0.000000600. The second kappa shape index (κ2) is 51.7. The van der Waals surface area contributed by atoms with Gasteiger partial charge in [-0.25, -0.2) is 68.7 Å². The van der Waals surface area contributed by atoms with E-state index in [-0.39, 0.29) is 76.8 Å². The van der Waals surface area contributed by atoms with Gasteiger partial charge in [0.2, 0.25) is 20.0 Å². The fourth-order valence-electron chi connectivity index (χ4n) is 7.06. The highest BCUT2D eigenvalue weighted by Gasteiger charge is 2.36. The Labute approximate surface area is 669 Å². The van der Waals surface area contributed by atoms with Gasteiger partial charge in [0.15, 0.2) is 24.8 Å². The molecule has 46 nitrogen and oxygen atoms in total. The number of halogens is 2. The van der Waals surface area contributed by atoms with Crippen LogP contribution in [0.3, 0.4) is 0 Å². The molecule has 4 heterocycles. The van der Waals surface area contributed by atoms with Crippen molar-refractivity contribution >= 4 is 136 Å². The number of carbonyl (C=O) groups excluding carboxylic acids is 3. The number of aliphatic carboxylic acids is 3. The molecule has 114 heavy (non-hydrogen) atoms.